The summed E-state index contributed by atoms with van der Waals surface area (Å²) in [6.07, 6.45) is 2.80. The molecule has 4 heteroatoms. The number of rotatable bonds is 2. The second-order valence-electron chi connectivity index (χ2n) is 6.63. The summed E-state index contributed by atoms with van der Waals surface area (Å²) < 4.78 is 5.33. The van der Waals surface area contributed by atoms with Crippen molar-refractivity contribution in [1.29, 1.82) is 0 Å². The highest BCUT2D eigenvalue weighted by molar-refractivity contribution is 5.65. The van der Waals surface area contributed by atoms with E-state index in [0.717, 1.165) is 34.8 Å². The Bertz CT molecular complexity index is 924. The zero-order valence-electron chi connectivity index (χ0n) is 14.8. The third-order valence-corrected chi connectivity index (χ3v) is 5.00. The van der Waals surface area contributed by atoms with Gasteiger partial charge in [0.15, 0.2) is 0 Å². The first-order valence-electron chi connectivity index (χ1n) is 8.44. The summed E-state index contributed by atoms with van der Waals surface area (Å²) in [5.41, 5.74) is 7.63. The molecule has 0 amide bonds. The molecule has 3 aromatic rings. The summed E-state index contributed by atoms with van der Waals surface area (Å²) in [7, 11) is 2.11. The van der Waals surface area contributed by atoms with Crippen molar-refractivity contribution in [3.63, 3.8) is 0 Å². The van der Waals surface area contributed by atoms with Crippen LogP contribution in [0.15, 0.2) is 59.4 Å². The van der Waals surface area contributed by atoms with Gasteiger partial charge in [-0.05, 0) is 36.6 Å². The van der Waals surface area contributed by atoms with Crippen molar-refractivity contribution in [2.45, 2.75) is 26.3 Å². The number of aryl methyl sites for hydroxylation is 2. The Kier molecular flexibility index (Phi) is 3.68. The standard InChI is InChI=1S/C21H21N3O/c1-13-10-17-12-22-19(20-14(2)23-25-15(20)3)11-18(17)21(24(13)4)16-8-6-5-7-9-16/h5-9,11-12,21H,1,10H2,2-4H3. The molecule has 4 nitrogen and oxygen atoms in total. The molecule has 0 N–H and O–H groups in total. The monoisotopic (exact) mass is 331 g/mol. The molecular formula is C21H21N3O. The average molecular weight is 331 g/mol. The molecule has 3 heterocycles. The van der Waals surface area contributed by atoms with E-state index in [1.807, 2.05) is 26.1 Å². The minimum Gasteiger partial charge on any atom is -0.367 e. The molecule has 4 rings (SSSR count). The molecule has 1 aliphatic rings. The van der Waals surface area contributed by atoms with Crippen molar-refractivity contribution in [1.82, 2.24) is 15.0 Å². The van der Waals surface area contributed by atoms with Crippen molar-refractivity contribution in [3.05, 3.63) is 83.0 Å². The van der Waals surface area contributed by atoms with E-state index in [1.54, 1.807) is 0 Å². The first-order valence-corrected chi connectivity index (χ1v) is 8.44. The largest absolute Gasteiger partial charge is 0.367 e. The Balaban J connectivity index is 1.90. The zero-order chi connectivity index (χ0) is 17.6. The Morgan fingerprint density at radius 2 is 1.96 bits per heavy atom. The minimum absolute atomic E-state index is 0.139. The van der Waals surface area contributed by atoms with Gasteiger partial charge in [-0.3, -0.25) is 4.98 Å². The van der Waals surface area contributed by atoms with E-state index >= 15 is 0 Å². The third-order valence-electron chi connectivity index (χ3n) is 5.00. The van der Waals surface area contributed by atoms with Gasteiger partial charge in [-0.25, -0.2) is 0 Å². The molecule has 0 spiro atoms. The molecule has 1 atom stereocenters. The number of aromatic nitrogens is 2. The fourth-order valence-corrected chi connectivity index (χ4v) is 3.66. The third kappa shape index (κ3) is 2.54. The van der Waals surface area contributed by atoms with E-state index in [1.165, 1.54) is 16.7 Å². The van der Waals surface area contributed by atoms with E-state index < -0.39 is 0 Å². The number of pyridine rings is 1. The van der Waals surface area contributed by atoms with Crippen LogP contribution in [0.3, 0.4) is 0 Å². The molecule has 0 radical (unpaired) electrons. The molecule has 0 aliphatic carbocycles. The normalized spacial score (nSPS) is 16.8. The van der Waals surface area contributed by atoms with E-state index in [2.05, 4.69) is 59.0 Å². The van der Waals surface area contributed by atoms with Gasteiger partial charge < -0.3 is 9.42 Å². The van der Waals surface area contributed by atoms with E-state index in [9.17, 15) is 0 Å². The van der Waals surface area contributed by atoms with E-state index in [-0.39, 0.29) is 6.04 Å². The lowest BCUT2D eigenvalue weighted by atomic mass is 9.87. The topological polar surface area (TPSA) is 42.2 Å². The van der Waals surface area contributed by atoms with Crippen LogP contribution in [0.2, 0.25) is 0 Å². The van der Waals surface area contributed by atoms with Gasteiger partial charge in [0, 0.05) is 25.4 Å². The number of fused-ring (bicyclic) bond motifs is 1. The second kappa shape index (κ2) is 5.88. The molecule has 126 valence electrons. The zero-order valence-corrected chi connectivity index (χ0v) is 14.8. The summed E-state index contributed by atoms with van der Waals surface area (Å²) in [5, 5.41) is 4.07. The lowest BCUT2D eigenvalue weighted by molar-refractivity contribution is 0.328. The maximum absolute atomic E-state index is 5.33. The van der Waals surface area contributed by atoms with Gasteiger partial charge in [0.2, 0.25) is 0 Å². The molecule has 1 aromatic carbocycles. The summed E-state index contributed by atoms with van der Waals surface area (Å²) in [6.45, 7) is 8.13. The highest BCUT2D eigenvalue weighted by Gasteiger charge is 2.29. The number of benzene rings is 1. The minimum atomic E-state index is 0.139. The Labute approximate surface area is 147 Å². The summed E-state index contributed by atoms with van der Waals surface area (Å²) in [6, 6.07) is 12.9. The van der Waals surface area contributed by atoms with Crippen LogP contribution in [-0.2, 0) is 6.42 Å². The first kappa shape index (κ1) is 15.6. The van der Waals surface area contributed by atoms with Gasteiger partial charge in [-0.2, -0.15) is 0 Å². The van der Waals surface area contributed by atoms with Gasteiger partial charge in [0.05, 0.1) is 23.0 Å². The predicted molar refractivity (Wildman–Crippen MR) is 98.1 cm³/mol. The fraction of sp³-hybridized carbons (Fsp3) is 0.238. The molecular weight excluding hydrogens is 310 g/mol. The maximum Gasteiger partial charge on any atom is 0.143 e. The molecule has 1 aliphatic heterocycles. The Morgan fingerprint density at radius 1 is 1.20 bits per heavy atom. The molecule has 0 bridgehead atoms. The van der Waals surface area contributed by atoms with Gasteiger partial charge in [-0.1, -0.05) is 42.1 Å². The summed E-state index contributed by atoms with van der Waals surface area (Å²) in [4.78, 5) is 6.94. The Hall–Kier alpha value is -2.88. The van der Waals surface area contributed by atoms with Crippen molar-refractivity contribution < 1.29 is 4.52 Å². The number of likely N-dealkylation sites (N-methyl/N-ethyl adjacent to an activating group) is 1. The van der Waals surface area contributed by atoms with Crippen LogP contribution in [-0.4, -0.2) is 22.1 Å². The molecule has 0 saturated heterocycles. The van der Waals surface area contributed by atoms with Gasteiger partial charge in [0.25, 0.3) is 0 Å². The van der Waals surface area contributed by atoms with Crippen LogP contribution < -0.4 is 0 Å². The smallest absolute Gasteiger partial charge is 0.143 e. The predicted octanol–water partition coefficient (Wildman–Crippen LogP) is 4.44. The molecule has 0 fully saturated rings. The molecule has 2 aromatic heterocycles. The van der Waals surface area contributed by atoms with Crippen molar-refractivity contribution in [2.75, 3.05) is 7.05 Å². The highest BCUT2D eigenvalue weighted by atomic mass is 16.5. The average Bonchev–Trinajstić information content (AvgIpc) is 2.95. The number of hydrogen-bond acceptors (Lipinski definition) is 4. The fourth-order valence-electron chi connectivity index (χ4n) is 3.66. The summed E-state index contributed by atoms with van der Waals surface area (Å²) >= 11 is 0. The lowest BCUT2D eigenvalue weighted by Gasteiger charge is -2.38. The van der Waals surface area contributed by atoms with Gasteiger partial charge >= 0.3 is 0 Å². The maximum atomic E-state index is 5.33. The van der Waals surface area contributed by atoms with Crippen LogP contribution >= 0.6 is 0 Å². The first-order chi connectivity index (χ1) is 12.1. The summed E-state index contributed by atoms with van der Waals surface area (Å²) in [5.74, 6) is 0.801. The highest BCUT2D eigenvalue weighted by Crippen LogP contribution is 2.39. The SMILES string of the molecule is C=C1Cc2cnc(-c3c(C)noc3C)cc2C(c2ccccc2)N1C. The number of hydrogen-bond donors (Lipinski definition) is 0. The van der Waals surface area contributed by atoms with Crippen LogP contribution in [0, 0.1) is 13.8 Å². The Morgan fingerprint density at radius 3 is 2.64 bits per heavy atom. The molecule has 0 saturated carbocycles. The van der Waals surface area contributed by atoms with Crippen molar-refractivity contribution in [2.24, 2.45) is 0 Å². The van der Waals surface area contributed by atoms with Crippen molar-refractivity contribution in [3.8, 4) is 11.3 Å². The van der Waals surface area contributed by atoms with Crippen LogP contribution in [0.4, 0.5) is 0 Å². The second-order valence-corrected chi connectivity index (χ2v) is 6.63. The van der Waals surface area contributed by atoms with E-state index in [4.69, 9.17) is 4.52 Å². The number of allylic oxidation sites excluding steroid dienone is 1. The molecule has 25 heavy (non-hydrogen) atoms. The van der Waals surface area contributed by atoms with Crippen LogP contribution in [0.5, 0.6) is 0 Å². The lowest BCUT2D eigenvalue weighted by Crippen LogP contribution is -2.31. The van der Waals surface area contributed by atoms with E-state index in [0.29, 0.717) is 0 Å². The van der Waals surface area contributed by atoms with Crippen LogP contribution in [0.25, 0.3) is 11.3 Å². The van der Waals surface area contributed by atoms with Gasteiger partial charge in [0.1, 0.15) is 5.76 Å². The van der Waals surface area contributed by atoms with Crippen LogP contribution in [0.1, 0.15) is 34.2 Å². The van der Waals surface area contributed by atoms with Gasteiger partial charge in [-0.15, -0.1) is 0 Å². The quantitative estimate of drug-likeness (QED) is 0.696. The van der Waals surface area contributed by atoms with Crippen molar-refractivity contribution >= 4 is 0 Å². The number of nitrogens with zero attached hydrogens (tertiary/aromatic N) is 3. The molecule has 1 unspecified atom stereocenters.